The SMILES string of the molecule is CC(C)c1nc2cc(NC(=O)[C@H]3CCCN(C(=O)c4cccs4)C3)ccc2o1. The van der Waals surface area contributed by atoms with Crippen LogP contribution in [0.1, 0.15) is 48.2 Å². The highest BCUT2D eigenvalue weighted by Crippen LogP contribution is 2.25. The Balaban J connectivity index is 1.44. The van der Waals surface area contributed by atoms with Crippen molar-refractivity contribution in [2.75, 3.05) is 18.4 Å². The number of oxazole rings is 1. The Morgan fingerprint density at radius 3 is 2.93 bits per heavy atom. The minimum Gasteiger partial charge on any atom is -0.440 e. The first-order valence-corrected chi connectivity index (χ1v) is 10.4. The molecule has 1 aromatic carbocycles. The maximum Gasteiger partial charge on any atom is 0.263 e. The lowest BCUT2D eigenvalue weighted by molar-refractivity contribution is -0.121. The van der Waals surface area contributed by atoms with Crippen molar-refractivity contribution in [1.29, 1.82) is 0 Å². The van der Waals surface area contributed by atoms with Crippen LogP contribution in [0, 0.1) is 5.92 Å². The van der Waals surface area contributed by atoms with E-state index in [1.54, 1.807) is 4.90 Å². The molecule has 1 atom stereocenters. The van der Waals surface area contributed by atoms with E-state index in [-0.39, 0.29) is 23.7 Å². The minimum atomic E-state index is -0.211. The molecule has 146 valence electrons. The summed E-state index contributed by atoms with van der Waals surface area (Å²) in [6.07, 6.45) is 1.61. The number of carbonyl (C=O) groups is 2. The zero-order valence-electron chi connectivity index (χ0n) is 16.0. The predicted molar refractivity (Wildman–Crippen MR) is 110 cm³/mol. The smallest absolute Gasteiger partial charge is 0.263 e. The topological polar surface area (TPSA) is 75.4 Å². The molecule has 7 heteroatoms. The molecule has 1 fully saturated rings. The number of nitrogens with one attached hydrogen (secondary N) is 1. The summed E-state index contributed by atoms with van der Waals surface area (Å²) < 4.78 is 5.71. The molecule has 2 aromatic heterocycles. The number of likely N-dealkylation sites (tertiary alicyclic amines) is 1. The van der Waals surface area contributed by atoms with E-state index >= 15 is 0 Å². The summed E-state index contributed by atoms with van der Waals surface area (Å²) in [5.41, 5.74) is 2.15. The average molecular weight is 398 g/mol. The fourth-order valence-electron chi connectivity index (χ4n) is 3.45. The van der Waals surface area contributed by atoms with Crippen LogP contribution in [0.2, 0.25) is 0 Å². The number of hydrogen-bond acceptors (Lipinski definition) is 5. The summed E-state index contributed by atoms with van der Waals surface area (Å²) in [5.74, 6) is 0.637. The second-order valence-corrected chi connectivity index (χ2v) is 8.39. The molecule has 0 saturated carbocycles. The van der Waals surface area contributed by atoms with Crippen LogP contribution >= 0.6 is 11.3 Å². The van der Waals surface area contributed by atoms with Crippen LogP contribution in [0.5, 0.6) is 0 Å². The molecule has 3 heterocycles. The number of anilines is 1. The predicted octanol–water partition coefficient (Wildman–Crippen LogP) is 4.50. The zero-order chi connectivity index (χ0) is 19.7. The molecule has 1 aliphatic rings. The van der Waals surface area contributed by atoms with Gasteiger partial charge in [0, 0.05) is 24.7 Å². The number of hydrogen-bond donors (Lipinski definition) is 1. The maximum atomic E-state index is 12.8. The molecule has 28 heavy (non-hydrogen) atoms. The van der Waals surface area contributed by atoms with Gasteiger partial charge < -0.3 is 14.6 Å². The molecule has 0 bridgehead atoms. The number of thiophene rings is 1. The zero-order valence-corrected chi connectivity index (χ0v) is 16.8. The normalized spacial score (nSPS) is 17.2. The van der Waals surface area contributed by atoms with Gasteiger partial charge in [0.1, 0.15) is 5.52 Å². The van der Waals surface area contributed by atoms with Crippen molar-refractivity contribution >= 4 is 39.9 Å². The number of aromatic nitrogens is 1. The van der Waals surface area contributed by atoms with E-state index < -0.39 is 0 Å². The van der Waals surface area contributed by atoms with E-state index in [2.05, 4.69) is 10.3 Å². The number of amides is 2. The highest BCUT2D eigenvalue weighted by Gasteiger charge is 2.29. The van der Waals surface area contributed by atoms with Gasteiger partial charge in [-0.3, -0.25) is 9.59 Å². The van der Waals surface area contributed by atoms with Crippen molar-refractivity contribution in [3.63, 3.8) is 0 Å². The van der Waals surface area contributed by atoms with Crippen LogP contribution in [-0.4, -0.2) is 34.8 Å². The summed E-state index contributed by atoms with van der Waals surface area (Å²) >= 11 is 1.43. The molecular weight excluding hydrogens is 374 g/mol. The first-order valence-electron chi connectivity index (χ1n) is 9.55. The monoisotopic (exact) mass is 397 g/mol. The van der Waals surface area contributed by atoms with Crippen LogP contribution in [0.25, 0.3) is 11.1 Å². The Hall–Kier alpha value is -2.67. The summed E-state index contributed by atoms with van der Waals surface area (Å²) in [5, 5.41) is 4.88. The van der Waals surface area contributed by atoms with Gasteiger partial charge in [0.25, 0.3) is 5.91 Å². The van der Waals surface area contributed by atoms with Crippen LogP contribution in [-0.2, 0) is 4.79 Å². The summed E-state index contributed by atoms with van der Waals surface area (Å²) in [4.78, 5) is 32.4. The van der Waals surface area contributed by atoms with Crippen LogP contribution in [0.15, 0.2) is 40.1 Å². The highest BCUT2D eigenvalue weighted by atomic mass is 32.1. The quantitative estimate of drug-likeness (QED) is 0.703. The van der Waals surface area contributed by atoms with Crippen LogP contribution in [0.4, 0.5) is 5.69 Å². The van der Waals surface area contributed by atoms with E-state index in [4.69, 9.17) is 4.42 Å². The lowest BCUT2D eigenvalue weighted by Gasteiger charge is -2.31. The number of piperidine rings is 1. The first kappa shape index (κ1) is 18.7. The molecule has 2 amide bonds. The Labute approximate surface area is 167 Å². The summed E-state index contributed by atoms with van der Waals surface area (Å²) in [6, 6.07) is 9.19. The van der Waals surface area contributed by atoms with Crippen molar-refractivity contribution < 1.29 is 14.0 Å². The summed E-state index contributed by atoms with van der Waals surface area (Å²) in [7, 11) is 0. The van der Waals surface area contributed by atoms with Gasteiger partial charge in [0.15, 0.2) is 11.5 Å². The second-order valence-electron chi connectivity index (χ2n) is 7.45. The standard InChI is InChI=1S/C21H23N3O3S/c1-13(2)20-23-16-11-15(7-8-17(16)27-20)22-19(25)14-5-3-9-24(12-14)21(26)18-6-4-10-28-18/h4,6-8,10-11,13-14H,3,5,9,12H2,1-2H3,(H,22,25)/t14-/m0/s1. The molecule has 0 unspecified atom stereocenters. The lowest BCUT2D eigenvalue weighted by atomic mass is 9.97. The molecule has 1 aliphatic heterocycles. The molecule has 6 nitrogen and oxygen atoms in total. The maximum absolute atomic E-state index is 12.8. The fourth-order valence-corrected chi connectivity index (χ4v) is 4.14. The Morgan fingerprint density at radius 2 is 2.18 bits per heavy atom. The number of carbonyl (C=O) groups excluding carboxylic acids is 2. The van der Waals surface area contributed by atoms with Gasteiger partial charge in [0.2, 0.25) is 5.91 Å². The Bertz CT molecular complexity index is 994. The van der Waals surface area contributed by atoms with Gasteiger partial charge in [-0.15, -0.1) is 11.3 Å². The van der Waals surface area contributed by atoms with Gasteiger partial charge in [-0.25, -0.2) is 4.98 Å². The lowest BCUT2D eigenvalue weighted by Crippen LogP contribution is -2.43. The van der Waals surface area contributed by atoms with Crippen molar-refractivity contribution in [3.8, 4) is 0 Å². The van der Waals surface area contributed by atoms with Crippen LogP contribution < -0.4 is 5.32 Å². The van der Waals surface area contributed by atoms with E-state index in [1.807, 2.05) is 49.6 Å². The Morgan fingerprint density at radius 1 is 1.32 bits per heavy atom. The number of benzene rings is 1. The van der Waals surface area contributed by atoms with Crippen molar-refractivity contribution in [2.24, 2.45) is 5.92 Å². The average Bonchev–Trinajstić information content (AvgIpc) is 3.37. The largest absolute Gasteiger partial charge is 0.440 e. The molecule has 0 radical (unpaired) electrons. The number of nitrogens with zero attached hydrogens (tertiary/aromatic N) is 2. The van der Waals surface area contributed by atoms with Crippen LogP contribution in [0.3, 0.4) is 0 Å². The highest BCUT2D eigenvalue weighted by molar-refractivity contribution is 7.12. The fraction of sp³-hybridized carbons (Fsp3) is 0.381. The summed E-state index contributed by atoms with van der Waals surface area (Å²) in [6.45, 7) is 5.20. The molecule has 4 rings (SSSR count). The number of rotatable bonds is 4. The van der Waals surface area contributed by atoms with Crippen molar-refractivity contribution in [1.82, 2.24) is 9.88 Å². The van der Waals surface area contributed by atoms with Gasteiger partial charge >= 0.3 is 0 Å². The van der Waals surface area contributed by atoms with E-state index in [0.29, 0.717) is 30.3 Å². The van der Waals surface area contributed by atoms with E-state index in [9.17, 15) is 9.59 Å². The molecule has 1 N–H and O–H groups in total. The van der Waals surface area contributed by atoms with Gasteiger partial charge in [-0.05, 0) is 42.5 Å². The molecule has 0 aliphatic carbocycles. The Kier molecular flexibility index (Phi) is 5.17. The minimum absolute atomic E-state index is 0.0118. The van der Waals surface area contributed by atoms with E-state index in [1.165, 1.54) is 11.3 Å². The molecule has 1 saturated heterocycles. The van der Waals surface area contributed by atoms with Gasteiger partial charge in [-0.1, -0.05) is 19.9 Å². The van der Waals surface area contributed by atoms with Crippen molar-refractivity contribution in [2.45, 2.75) is 32.6 Å². The molecule has 3 aromatic rings. The first-order chi connectivity index (χ1) is 13.5. The van der Waals surface area contributed by atoms with Crippen molar-refractivity contribution in [3.05, 3.63) is 46.5 Å². The molecule has 0 spiro atoms. The van der Waals surface area contributed by atoms with Gasteiger partial charge in [0.05, 0.1) is 10.8 Å². The van der Waals surface area contributed by atoms with E-state index in [0.717, 1.165) is 23.2 Å². The number of fused-ring (bicyclic) bond motifs is 1. The van der Waals surface area contributed by atoms with Gasteiger partial charge in [-0.2, -0.15) is 0 Å². The third-order valence-electron chi connectivity index (χ3n) is 4.98. The third-order valence-corrected chi connectivity index (χ3v) is 5.83. The molecular formula is C21H23N3O3S. The third kappa shape index (κ3) is 3.80. The second kappa shape index (κ2) is 7.75.